The number of benzene rings is 2. The van der Waals surface area contributed by atoms with E-state index in [2.05, 4.69) is 22.1 Å². The first-order valence-corrected chi connectivity index (χ1v) is 14.6. The molecule has 3 aromatic rings. The zero-order valence-electron chi connectivity index (χ0n) is 21.8. The third kappa shape index (κ3) is 6.03. The molecule has 1 aromatic heterocycles. The zero-order chi connectivity index (χ0) is 27.8. The van der Waals surface area contributed by atoms with Crippen LogP contribution >= 0.6 is 7.60 Å². The van der Waals surface area contributed by atoms with Crippen molar-refractivity contribution in [2.75, 3.05) is 5.73 Å². The van der Waals surface area contributed by atoms with Crippen LogP contribution in [0.25, 0.3) is 0 Å². The number of aliphatic imine (C=N–C) groups is 1. The summed E-state index contributed by atoms with van der Waals surface area (Å²) in [7, 11) is -3.92. The number of nitrogen functional groups attached to an aromatic ring is 1. The van der Waals surface area contributed by atoms with Crippen LogP contribution in [-0.2, 0) is 15.3 Å². The summed E-state index contributed by atoms with van der Waals surface area (Å²) in [6.45, 7) is 3.87. The molecule has 0 saturated heterocycles. The van der Waals surface area contributed by atoms with Crippen LogP contribution in [0.5, 0.6) is 5.88 Å². The first kappa shape index (κ1) is 27.0. The van der Waals surface area contributed by atoms with Crippen LogP contribution < -0.4 is 10.5 Å². The van der Waals surface area contributed by atoms with Crippen molar-refractivity contribution in [1.82, 2.24) is 9.97 Å². The van der Waals surface area contributed by atoms with E-state index in [1.165, 1.54) is 24.0 Å². The van der Waals surface area contributed by atoms with E-state index in [0.29, 0.717) is 35.9 Å². The summed E-state index contributed by atoms with van der Waals surface area (Å²) in [6.07, 6.45) is 3.80. The molecule has 10 nitrogen and oxygen atoms in total. The smallest absolute Gasteiger partial charge is 0.335 e. The molecule has 39 heavy (non-hydrogen) atoms. The van der Waals surface area contributed by atoms with E-state index < -0.39 is 19.2 Å². The van der Waals surface area contributed by atoms with Crippen LogP contribution in [-0.4, -0.2) is 43.4 Å². The Morgan fingerprint density at radius 3 is 2.54 bits per heavy atom. The standard InChI is InChI=1S/C28H31N4O6P/c1-28(2)24(32-23-25(29)30-16-31-26(23)37-28)20-8-6-18(7-9-20)19-10-12-22(13-11-19)38-39(35,36)15-17-4-3-5-21(14-17)27(33)34/h3-9,14,16,19,22H,10-13,15H2,1-2H3,(H,33,34)(H,35,36)(H2,29,30,31). The lowest BCUT2D eigenvalue weighted by molar-refractivity contribution is 0.0696. The van der Waals surface area contributed by atoms with Gasteiger partial charge in [-0.05, 0) is 68.7 Å². The summed E-state index contributed by atoms with van der Waals surface area (Å²) in [4.78, 5) is 34.6. The highest BCUT2D eigenvalue weighted by Gasteiger charge is 2.35. The first-order valence-electron chi connectivity index (χ1n) is 12.8. The number of anilines is 1. The maximum atomic E-state index is 12.8. The maximum Gasteiger partial charge on any atom is 0.335 e. The van der Waals surface area contributed by atoms with Gasteiger partial charge in [0.2, 0.25) is 5.88 Å². The minimum absolute atomic E-state index is 0.0774. The molecular weight excluding hydrogens is 519 g/mol. The lowest BCUT2D eigenvalue weighted by atomic mass is 9.82. The van der Waals surface area contributed by atoms with Crippen molar-refractivity contribution in [3.63, 3.8) is 0 Å². The Bertz CT molecular complexity index is 1470. The van der Waals surface area contributed by atoms with Crippen LogP contribution in [0, 0.1) is 0 Å². The summed E-state index contributed by atoms with van der Waals surface area (Å²) in [5.74, 6) is -0.130. The molecule has 11 heteroatoms. The molecule has 4 N–H and O–H groups in total. The second-order valence-corrected chi connectivity index (χ2v) is 12.3. The molecule has 2 heterocycles. The van der Waals surface area contributed by atoms with Crippen molar-refractivity contribution in [2.24, 2.45) is 4.99 Å². The van der Waals surface area contributed by atoms with E-state index in [0.717, 1.165) is 24.1 Å². The Morgan fingerprint density at radius 1 is 1.13 bits per heavy atom. The Balaban J connectivity index is 1.21. The summed E-state index contributed by atoms with van der Waals surface area (Å²) in [6, 6.07) is 14.3. The molecule has 1 unspecified atom stereocenters. The Labute approximate surface area is 226 Å². The minimum Gasteiger partial charge on any atom is -0.478 e. The average molecular weight is 551 g/mol. The van der Waals surface area contributed by atoms with Gasteiger partial charge in [-0.3, -0.25) is 4.57 Å². The molecule has 0 bridgehead atoms. The van der Waals surface area contributed by atoms with Gasteiger partial charge in [0.15, 0.2) is 11.5 Å². The monoisotopic (exact) mass is 550 g/mol. The molecule has 5 rings (SSSR count). The largest absolute Gasteiger partial charge is 0.478 e. The third-order valence-corrected chi connectivity index (χ3v) is 8.55. The molecule has 2 aliphatic rings. The Morgan fingerprint density at radius 2 is 1.85 bits per heavy atom. The molecule has 2 aromatic carbocycles. The van der Waals surface area contributed by atoms with E-state index >= 15 is 0 Å². The number of ether oxygens (including phenoxy) is 1. The van der Waals surface area contributed by atoms with Crippen LogP contribution in [0.4, 0.5) is 11.5 Å². The van der Waals surface area contributed by atoms with Gasteiger partial charge in [0.05, 0.1) is 23.5 Å². The topological polar surface area (TPSA) is 157 Å². The highest BCUT2D eigenvalue weighted by Crippen LogP contribution is 2.50. The summed E-state index contributed by atoms with van der Waals surface area (Å²) >= 11 is 0. The van der Waals surface area contributed by atoms with E-state index in [4.69, 9.17) is 25.1 Å². The van der Waals surface area contributed by atoms with E-state index in [1.54, 1.807) is 12.1 Å². The molecule has 0 amide bonds. The second-order valence-electron chi connectivity index (χ2n) is 10.5. The molecule has 1 saturated carbocycles. The van der Waals surface area contributed by atoms with Crippen molar-refractivity contribution in [3.8, 4) is 5.88 Å². The first-order chi connectivity index (χ1) is 18.5. The molecule has 1 fully saturated rings. The quantitative estimate of drug-likeness (QED) is 0.324. The average Bonchev–Trinajstić information content (AvgIpc) is 2.88. The molecule has 1 aliphatic carbocycles. The number of rotatable bonds is 7. The lowest BCUT2D eigenvalue weighted by Gasteiger charge is -2.32. The molecule has 1 atom stereocenters. The summed E-state index contributed by atoms with van der Waals surface area (Å²) < 4.78 is 24.5. The fourth-order valence-electron chi connectivity index (χ4n) is 5.22. The zero-order valence-corrected chi connectivity index (χ0v) is 22.7. The van der Waals surface area contributed by atoms with Gasteiger partial charge < -0.3 is 25.0 Å². The van der Waals surface area contributed by atoms with Crippen LogP contribution in [0.1, 0.15) is 72.5 Å². The number of carboxylic acid groups (broad SMARTS) is 1. The van der Waals surface area contributed by atoms with Gasteiger partial charge in [-0.15, -0.1) is 0 Å². The fraction of sp³-hybridized carbons (Fsp3) is 0.357. The van der Waals surface area contributed by atoms with E-state index in [9.17, 15) is 14.3 Å². The van der Waals surface area contributed by atoms with Gasteiger partial charge in [0.25, 0.3) is 0 Å². The number of nitrogens with zero attached hydrogens (tertiary/aromatic N) is 3. The predicted octanol–water partition coefficient (Wildman–Crippen LogP) is 5.48. The second kappa shape index (κ2) is 10.5. The van der Waals surface area contributed by atoms with Gasteiger partial charge in [-0.25, -0.2) is 14.8 Å². The minimum atomic E-state index is -3.92. The third-order valence-electron chi connectivity index (χ3n) is 7.16. The summed E-state index contributed by atoms with van der Waals surface area (Å²) in [5.41, 5.74) is 9.12. The van der Waals surface area contributed by atoms with Gasteiger partial charge in [0.1, 0.15) is 11.9 Å². The van der Waals surface area contributed by atoms with Crippen molar-refractivity contribution >= 4 is 30.8 Å². The van der Waals surface area contributed by atoms with Crippen molar-refractivity contribution < 1.29 is 28.6 Å². The number of nitrogens with two attached hydrogens (primary N) is 1. The number of carbonyl (C=O) groups is 1. The highest BCUT2D eigenvalue weighted by molar-refractivity contribution is 7.52. The number of aromatic nitrogens is 2. The van der Waals surface area contributed by atoms with Crippen LogP contribution in [0.2, 0.25) is 0 Å². The lowest BCUT2D eigenvalue weighted by Crippen LogP contribution is -2.41. The number of carboxylic acids is 1. The van der Waals surface area contributed by atoms with E-state index in [1.807, 2.05) is 26.0 Å². The van der Waals surface area contributed by atoms with Crippen LogP contribution in [0.15, 0.2) is 59.9 Å². The van der Waals surface area contributed by atoms with Crippen molar-refractivity contribution in [1.29, 1.82) is 0 Å². The van der Waals surface area contributed by atoms with E-state index in [-0.39, 0.29) is 23.6 Å². The van der Waals surface area contributed by atoms with Gasteiger partial charge in [-0.2, -0.15) is 4.98 Å². The number of hydrogen-bond acceptors (Lipinski definition) is 8. The SMILES string of the molecule is CC1(C)Oc2ncnc(N)c2N=C1c1ccc(C2CCC(OP(=O)(O)Cc3cccc(C(=O)O)c3)CC2)cc1. The normalized spacial score (nSPS) is 21.7. The number of aromatic carboxylic acids is 1. The molecular formula is C28H31N4O6P. The van der Waals surface area contributed by atoms with Crippen molar-refractivity contribution in [3.05, 3.63) is 77.1 Å². The predicted molar refractivity (Wildman–Crippen MR) is 147 cm³/mol. The molecule has 0 spiro atoms. The highest BCUT2D eigenvalue weighted by atomic mass is 31.2. The Hall–Kier alpha value is -3.59. The molecule has 204 valence electrons. The van der Waals surface area contributed by atoms with Crippen LogP contribution in [0.3, 0.4) is 0 Å². The summed E-state index contributed by atoms with van der Waals surface area (Å²) in [5, 5.41) is 9.15. The molecule has 0 radical (unpaired) electrons. The number of hydrogen-bond donors (Lipinski definition) is 3. The van der Waals surface area contributed by atoms with Crippen molar-refractivity contribution in [2.45, 2.75) is 63.3 Å². The maximum absolute atomic E-state index is 12.8. The van der Waals surface area contributed by atoms with Gasteiger partial charge >= 0.3 is 13.6 Å². The van der Waals surface area contributed by atoms with Gasteiger partial charge in [0, 0.05) is 5.56 Å². The Kier molecular flexibility index (Phi) is 7.29. The van der Waals surface area contributed by atoms with Gasteiger partial charge in [-0.1, -0.05) is 36.4 Å². The molecule has 1 aliphatic heterocycles. The number of fused-ring (bicyclic) bond motifs is 1. The fourth-order valence-corrected chi connectivity index (χ4v) is 6.63.